The number of nitrogens with zero attached hydrogens (tertiary/aromatic N) is 2. The number of halogens is 1. The third-order valence-electron chi connectivity index (χ3n) is 3.97. The van der Waals surface area contributed by atoms with Crippen LogP contribution >= 0.6 is 11.6 Å². The number of nitrogens with one attached hydrogen (secondary N) is 1. The first-order chi connectivity index (χ1) is 13.8. The van der Waals surface area contributed by atoms with Crippen LogP contribution in [0.15, 0.2) is 51.7 Å². The standard InChI is InChI=1S/C20H18ClN3O5/c1-12-8-13(2)18(15(21)9-12)22-16(25)11-28-17(26)10-24-20(27)29-19(23-24)14-6-4-3-5-7-14/h3-9H,10-11H2,1-2H3,(H,22,25). The molecule has 1 heterocycles. The highest BCUT2D eigenvalue weighted by Crippen LogP contribution is 2.27. The van der Waals surface area contributed by atoms with Gasteiger partial charge in [-0.1, -0.05) is 35.9 Å². The molecule has 29 heavy (non-hydrogen) atoms. The molecule has 0 aliphatic carbocycles. The van der Waals surface area contributed by atoms with Crippen molar-refractivity contribution < 1.29 is 18.7 Å². The highest BCUT2D eigenvalue weighted by molar-refractivity contribution is 6.34. The Labute approximate surface area is 171 Å². The summed E-state index contributed by atoms with van der Waals surface area (Å²) in [7, 11) is 0. The van der Waals surface area contributed by atoms with E-state index in [1.54, 1.807) is 30.3 Å². The van der Waals surface area contributed by atoms with Gasteiger partial charge in [0.05, 0.1) is 10.7 Å². The summed E-state index contributed by atoms with van der Waals surface area (Å²) in [4.78, 5) is 35.9. The molecule has 3 rings (SSSR count). The van der Waals surface area contributed by atoms with Crippen molar-refractivity contribution in [3.05, 3.63) is 69.2 Å². The molecule has 1 N–H and O–H groups in total. The van der Waals surface area contributed by atoms with Gasteiger partial charge in [0.25, 0.3) is 5.91 Å². The van der Waals surface area contributed by atoms with Crippen LogP contribution in [0.5, 0.6) is 0 Å². The van der Waals surface area contributed by atoms with Crippen molar-refractivity contribution in [3.8, 4) is 11.5 Å². The summed E-state index contributed by atoms with van der Waals surface area (Å²) in [5.41, 5.74) is 2.81. The number of hydrogen-bond acceptors (Lipinski definition) is 6. The Morgan fingerprint density at radius 1 is 1.21 bits per heavy atom. The van der Waals surface area contributed by atoms with Gasteiger partial charge in [-0.05, 0) is 43.2 Å². The molecule has 0 spiro atoms. The highest BCUT2D eigenvalue weighted by Gasteiger charge is 2.16. The molecule has 1 amide bonds. The van der Waals surface area contributed by atoms with Gasteiger partial charge in [0, 0.05) is 5.56 Å². The van der Waals surface area contributed by atoms with Crippen LogP contribution in [0.25, 0.3) is 11.5 Å². The number of carbonyl (C=O) groups is 2. The molecule has 0 radical (unpaired) electrons. The number of benzene rings is 2. The molecule has 8 nitrogen and oxygen atoms in total. The van der Waals surface area contributed by atoms with Crippen LogP contribution in [0.3, 0.4) is 0 Å². The predicted molar refractivity (Wildman–Crippen MR) is 107 cm³/mol. The van der Waals surface area contributed by atoms with E-state index in [0.29, 0.717) is 16.3 Å². The Morgan fingerprint density at radius 2 is 1.93 bits per heavy atom. The molecular weight excluding hydrogens is 398 g/mol. The molecule has 0 saturated heterocycles. The van der Waals surface area contributed by atoms with Crippen LogP contribution in [0.1, 0.15) is 11.1 Å². The monoisotopic (exact) mass is 415 g/mol. The normalized spacial score (nSPS) is 10.6. The molecule has 0 bridgehead atoms. The number of amides is 1. The summed E-state index contributed by atoms with van der Waals surface area (Å²) in [6, 6.07) is 12.4. The number of rotatable bonds is 6. The minimum absolute atomic E-state index is 0.0885. The van der Waals surface area contributed by atoms with Gasteiger partial charge in [0.2, 0.25) is 5.89 Å². The van der Waals surface area contributed by atoms with E-state index in [2.05, 4.69) is 10.4 Å². The fourth-order valence-electron chi connectivity index (χ4n) is 2.67. The Balaban J connectivity index is 1.57. The van der Waals surface area contributed by atoms with Crippen LogP contribution in [-0.2, 0) is 20.9 Å². The van der Waals surface area contributed by atoms with E-state index in [1.807, 2.05) is 26.0 Å². The minimum atomic E-state index is -0.804. The van der Waals surface area contributed by atoms with Crippen LogP contribution in [0.2, 0.25) is 5.02 Å². The summed E-state index contributed by atoms with van der Waals surface area (Å²) in [5, 5.41) is 6.97. The number of hydrogen-bond donors (Lipinski definition) is 1. The smallest absolute Gasteiger partial charge is 0.437 e. The lowest BCUT2D eigenvalue weighted by Gasteiger charge is -2.11. The lowest BCUT2D eigenvalue weighted by molar-refractivity contribution is -0.148. The number of anilines is 1. The number of ether oxygens (including phenoxy) is 1. The average molecular weight is 416 g/mol. The summed E-state index contributed by atoms with van der Waals surface area (Å²) in [6.07, 6.45) is 0. The minimum Gasteiger partial charge on any atom is -0.454 e. The van der Waals surface area contributed by atoms with Crippen LogP contribution in [-0.4, -0.2) is 28.3 Å². The van der Waals surface area contributed by atoms with E-state index < -0.39 is 30.8 Å². The summed E-state index contributed by atoms with van der Waals surface area (Å²) < 4.78 is 10.8. The Hall–Kier alpha value is -3.39. The van der Waals surface area contributed by atoms with Gasteiger partial charge in [0.1, 0.15) is 6.54 Å². The van der Waals surface area contributed by atoms with Crippen molar-refractivity contribution in [3.63, 3.8) is 0 Å². The molecule has 150 valence electrons. The zero-order chi connectivity index (χ0) is 21.0. The van der Waals surface area contributed by atoms with Gasteiger partial charge < -0.3 is 14.5 Å². The first-order valence-electron chi connectivity index (χ1n) is 8.69. The Bertz CT molecular complexity index is 1080. The zero-order valence-corrected chi connectivity index (χ0v) is 16.5. The van der Waals surface area contributed by atoms with Crippen molar-refractivity contribution >= 4 is 29.2 Å². The van der Waals surface area contributed by atoms with Gasteiger partial charge in [-0.2, -0.15) is 4.68 Å². The lowest BCUT2D eigenvalue weighted by atomic mass is 10.1. The number of aromatic nitrogens is 2. The average Bonchev–Trinajstić information content (AvgIpc) is 3.04. The Morgan fingerprint density at radius 3 is 2.62 bits per heavy atom. The van der Waals surface area contributed by atoms with Crippen molar-refractivity contribution in [2.45, 2.75) is 20.4 Å². The SMILES string of the molecule is Cc1cc(C)c(NC(=O)COC(=O)Cn2nc(-c3ccccc3)oc2=O)c(Cl)c1. The molecule has 0 saturated carbocycles. The highest BCUT2D eigenvalue weighted by atomic mass is 35.5. The molecule has 1 aromatic heterocycles. The molecule has 0 aliphatic rings. The van der Waals surface area contributed by atoms with Crippen LogP contribution < -0.4 is 11.1 Å². The second-order valence-corrected chi connectivity index (χ2v) is 6.75. The first-order valence-corrected chi connectivity index (χ1v) is 9.07. The van der Waals surface area contributed by atoms with Crippen molar-refractivity contribution in [2.24, 2.45) is 0 Å². The molecule has 2 aromatic carbocycles. The van der Waals surface area contributed by atoms with Gasteiger partial charge >= 0.3 is 11.7 Å². The largest absolute Gasteiger partial charge is 0.454 e. The Kier molecular flexibility index (Phi) is 6.13. The van der Waals surface area contributed by atoms with Gasteiger partial charge in [-0.15, -0.1) is 5.10 Å². The molecule has 0 atom stereocenters. The molecule has 0 aliphatic heterocycles. The van der Waals surface area contributed by atoms with Gasteiger partial charge in [-0.3, -0.25) is 9.59 Å². The van der Waals surface area contributed by atoms with Crippen molar-refractivity contribution in [2.75, 3.05) is 11.9 Å². The van der Waals surface area contributed by atoms with Gasteiger partial charge in [0.15, 0.2) is 6.61 Å². The topological polar surface area (TPSA) is 103 Å². The molecule has 0 fully saturated rings. The third-order valence-corrected chi connectivity index (χ3v) is 4.26. The number of carbonyl (C=O) groups excluding carboxylic acids is 2. The molecule has 9 heteroatoms. The zero-order valence-electron chi connectivity index (χ0n) is 15.8. The van der Waals surface area contributed by atoms with E-state index >= 15 is 0 Å². The molecule has 0 unspecified atom stereocenters. The lowest BCUT2D eigenvalue weighted by Crippen LogP contribution is -2.26. The maximum atomic E-state index is 12.1. The number of esters is 1. The second-order valence-electron chi connectivity index (χ2n) is 6.34. The van der Waals surface area contributed by atoms with Gasteiger partial charge in [-0.25, -0.2) is 4.79 Å². The maximum absolute atomic E-state index is 12.1. The fraction of sp³-hybridized carbons (Fsp3) is 0.200. The summed E-state index contributed by atoms with van der Waals surface area (Å²) in [6.45, 7) is 2.69. The predicted octanol–water partition coefficient (Wildman–Crippen LogP) is 2.96. The first kappa shape index (κ1) is 20.3. The summed E-state index contributed by atoms with van der Waals surface area (Å²) >= 11 is 6.14. The molecule has 3 aromatic rings. The van der Waals surface area contributed by atoms with E-state index in [-0.39, 0.29) is 5.89 Å². The van der Waals surface area contributed by atoms with Crippen molar-refractivity contribution in [1.29, 1.82) is 0 Å². The van der Waals surface area contributed by atoms with Crippen LogP contribution in [0.4, 0.5) is 5.69 Å². The quantitative estimate of drug-likeness (QED) is 0.621. The van der Waals surface area contributed by atoms with E-state index in [9.17, 15) is 14.4 Å². The molecular formula is C20H18ClN3O5. The van der Waals surface area contributed by atoms with E-state index in [4.69, 9.17) is 20.8 Å². The third kappa shape index (κ3) is 5.11. The maximum Gasteiger partial charge on any atom is 0.437 e. The van der Waals surface area contributed by atoms with Crippen molar-refractivity contribution in [1.82, 2.24) is 9.78 Å². The fourth-order valence-corrected chi connectivity index (χ4v) is 3.04. The summed E-state index contributed by atoms with van der Waals surface area (Å²) in [5.74, 6) is -2.07. The van der Waals surface area contributed by atoms with E-state index in [1.165, 1.54) is 0 Å². The second kappa shape index (κ2) is 8.74. The number of aryl methyl sites for hydroxylation is 2. The van der Waals surface area contributed by atoms with E-state index in [0.717, 1.165) is 15.8 Å². The van der Waals surface area contributed by atoms with Crippen LogP contribution in [0, 0.1) is 13.8 Å².